The van der Waals surface area contributed by atoms with Gasteiger partial charge in [-0.2, -0.15) is 0 Å². The van der Waals surface area contributed by atoms with E-state index >= 15 is 0 Å². The molecule has 0 heterocycles. The molecule has 15 heavy (non-hydrogen) atoms. The van der Waals surface area contributed by atoms with E-state index in [1.165, 1.54) is 0 Å². The molecule has 0 spiro atoms. The first-order valence-corrected chi connectivity index (χ1v) is 5.31. The van der Waals surface area contributed by atoms with Gasteiger partial charge in [0.25, 0.3) is 0 Å². The van der Waals surface area contributed by atoms with Gasteiger partial charge in [-0.1, -0.05) is 37.3 Å². The maximum atomic E-state index is 11.5. The Kier molecular flexibility index (Phi) is 4.84. The molecule has 3 nitrogen and oxygen atoms in total. The Morgan fingerprint density at radius 2 is 2.07 bits per heavy atom. The molecule has 0 fully saturated rings. The largest absolute Gasteiger partial charge is 0.355 e. The normalized spacial score (nSPS) is 12.1. The summed E-state index contributed by atoms with van der Waals surface area (Å²) in [6.07, 6.45) is 1.53. The molecular formula is C12H18N2O. The average molecular weight is 206 g/mol. The summed E-state index contributed by atoms with van der Waals surface area (Å²) < 4.78 is 0. The number of nitrogens with one attached hydrogen (secondary N) is 1. The summed E-state index contributed by atoms with van der Waals surface area (Å²) in [5, 5.41) is 2.79. The van der Waals surface area contributed by atoms with Gasteiger partial charge in [-0.3, -0.25) is 4.79 Å². The van der Waals surface area contributed by atoms with Crippen molar-refractivity contribution in [3.05, 3.63) is 35.9 Å². The lowest BCUT2D eigenvalue weighted by Gasteiger charge is -2.11. The van der Waals surface area contributed by atoms with E-state index in [-0.39, 0.29) is 5.91 Å². The summed E-state index contributed by atoms with van der Waals surface area (Å²) in [4.78, 5) is 11.5. The summed E-state index contributed by atoms with van der Waals surface area (Å²) >= 11 is 0. The van der Waals surface area contributed by atoms with Gasteiger partial charge < -0.3 is 11.1 Å². The second-order valence-corrected chi connectivity index (χ2v) is 3.59. The lowest BCUT2D eigenvalue weighted by molar-refractivity contribution is -0.122. The van der Waals surface area contributed by atoms with Crippen LogP contribution in [0.15, 0.2) is 30.3 Å². The Balaban J connectivity index is 2.41. The van der Waals surface area contributed by atoms with Crippen LogP contribution < -0.4 is 11.1 Å². The third-order valence-electron chi connectivity index (χ3n) is 2.18. The Bertz CT molecular complexity index is 298. The van der Waals surface area contributed by atoms with Gasteiger partial charge in [0, 0.05) is 6.54 Å². The molecule has 1 amide bonds. The molecule has 0 bridgehead atoms. The lowest BCUT2D eigenvalue weighted by Crippen LogP contribution is -2.42. The third-order valence-corrected chi connectivity index (χ3v) is 2.18. The Morgan fingerprint density at radius 1 is 1.40 bits per heavy atom. The Hall–Kier alpha value is -1.35. The van der Waals surface area contributed by atoms with Gasteiger partial charge >= 0.3 is 0 Å². The molecule has 0 aliphatic carbocycles. The molecule has 0 aromatic heterocycles. The first-order valence-electron chi connectivity index (χ1n) is 5.31. The number of benzene rings is 1. The number of rotatable bonds is 5. The van der Waals surface area contributed by atoms with Crippen molar-refractivity contribution in [2.45, 2.75) is 25.8 Å². The predicted octanol–water partition coefficient (Wildman–Crippen LogP) is 1.08. The number of hydrogen-bond donors (Lipinski definition) is 2. The lowest BCUT2D eigenvalue weighted by atomic mass is 10.1. The smallest absolute Gasteiger partial charge is 0.237 e. The maximum absolute atomic E-state index is 11.5. The second kappa shape index (κ2) is 6.19. The minimum atomic E-state index is -0.445. The quantitative estimate of drug-likeness (QED) is 0.757. The van der Waals surface area contributed by atoms with Crippen LogP contribution in [0, 0.1) is 0 Å². The van der Waals surface area contributed by atoms with Crippen molar-refractivity contribution in [1.82, 2.24) is 5.32 Å². The predicted molar refractivity (Wildman–Crippen MR) is 61.4 cm³/mol. The summed E-state index contributed by atoms with van der Waals surface area (Å²) in [6.45, 7) is 2.71. The van der Waals surface area contributed by atoms with Crippen LogP contribution in [-0.2, 0) is 11.2 Å². The zero-order chi connectivity index (χ0) is 11.1. The zero-order valence-corrected chi connectivity index (χ0v) is 9.07. The van der Waals surface area contributed by atoms with Crippen LogP contribution >= 0.6 is 0 Å². The van der Waals surface area contributed by atoms with E-state index in [9.17, 15) is 4.79 Å². The molecule has 1 aromatic carbocycles. The van der Waals surface area contributed by atoms with E-state index in [2.05, 4.69) is 5.32 Å². The fourth-order valence-electron chi connectivity index (χ4n) is 1.34. The van der Waals surface area contributed by atoms with Gasteiger partial charge in [0.05, 0.1) is 6.04 Å². The standard InChI is InChI=1S/C12H18N2O/c1-2-8-14-12(15)11(13)9-10-6-4-3-5-7-10/h3-7,11H,2,8-9,13H2,1H3,(H,14,15)/t11-/m1/s1. The van der Waals surface area contributed by atoms with Crippen LogP contribution in [0.1, 0.15) is 18.9 Å². The molecule has 0 aliphatic heterocycles. The fourth-order valence-corrected chi connectivity index (χ4v) is 1.34. The van der Waals surface area contributed by atoms with E-state index in [1.54, 1.807) is 0 Å². The summed E-state index contributed by atoms with van der Waals surface area (Å²) in [5.74, 6) is -0.0688. The second-order valence-electron chi connectivity index (χ2n) is 3.59. The fraction of sp³-hybridized carbons (Fsp3) is 0.417. The van der Waals surface area contributed by atoms with Crippen LogP contribution in [0.2, 0.25) is 0 Å². The minimum Gasteiger partial charge on any atom is -0.355 e. The molecule has 0 radical (unpaired) electrons. The van der Waals surface area contributed by atoms with E-state index < -0.39 is 6.04 Å². The molecular weight excluding hydrogens is 188 g/mol. The molecule has 3 N–H and O–H groups in total. The van der Waals surface area contributed by atoms with Crippen molar-refractivity contribution in [1.29, 1.82) is 0 Å². The zero-order valence-electron chi connectivity index (χ0n) is 9.07. The monoisotopic (exact) mass is 206 g/mol. The highest BCUT2D eigenvalue weighted by atomic mass is 16.2. The van der Waals surface area contributed by atoms with Gasteiger partial charge in [-0.05, 0) is 18.4 Å². The van der Waals surface area contributed by atoms with Crippen molar-refractivity contribution >= 4 is 5.91 Å². The van der Waals surface area contributed by atoms with Crippen LogP contribution in [-0.4, -0.2) is 18.5 Å². The van der Waals surface area contributed by atoms with E-state index in [0.29, 0.717) is 13.0 Å². The van der Waals surface area contributed by atoms with E-state index in [1.807, 2.05) is 37.3 Å². The first-order chi connectivity index (χ1) is 7.24. The van der Waals surface area contributed by atoms with Crippen molar-refractivity contribution in [2.75, 3.05) is 6.54 Å². The number of hydrogen-bond acceptors (Lipinski definition) is 2. The molecule has 1 aromatic rings. The number of carbonyl (C=O) groups excluding carboxylic acids is 1. The molecule has 0 saturated carbocycles. The highest BCUT2D eigenvalue weighted by Crippen LogP contribution is 2.01. The molecule has 0 saturated heterocycles. The average Bonchev–Trinajstić information content (AvgIpc) is 2.27. The van der Waals surface area contributed by atoms with Crippen molar-refractivity contribution in [3.63, 3.8) is 0 Å². The Morgan fingerprint density at radius 3 is 2.67 bits per heavy atom. The first kappa shape index (κ1) is 11.7. The van der Waals surface area contributed by atoms with Gasteiger partial charge in [0.1, 0.15) is 0 Å². The molecule has 3 heteroatoms. The SMILES string of the molecule is CCCNC(=O)[C@H](N)Cc1ccccc1. The van der Waals surface area contributed by atoms with E-state index in [4.69, 9.17) is 5.73 Å². The molecule has 0 aliphatic rings. The summed E-state index contributed by atoms with van der Waals surface area (Å²) in [5.41, 5.74) is 6.87. The maximum Gasteiger partial charge on any atom is 0.237 e. The molecule has 1 atom stereocenters. The summed E-state index contributed by atoms with van der Waals surface area (Å²) in [7, 11) is 0. The third kappa shape index (κ3) is 4.13. The van der Waals surface area contributed by atoms with Crippen LogP contribution in [0.3, 0.4) is 0 Å². The van der Waals surface area contributed by atoms with Crippen molar-refractivity contribution < 1.29 is 4.79 Å². The van der Waals surface area contributed by atoms with Gasteiger partial charge in [-0.25, -0.2) is 0 Å². The van der Waals surface area contributed by atoms with Gasteiger partial charge in [0.2, 0.25) is 5.91 Å². The topological polar surface area (TPSA) is 55.1 Å². The molecule has 1 rings (SSSR count). The highest BCUT2D eigenvalue weighted by Gasteiger charge is 2.12. The van der Waals surface area contributed by atoms with Gasteiger partial charge in [0.15, 0.2) is 0 Å². The Labute approximate surface area is 90.7 Å². The summed E-state index contributed by atoms with van der Waals surface area (Å²) in [6, 6.07) is 9.36. The number of nitrogens with two attached hydrogens (primary N) is 1. The van der Waals surface area contributed by atoms with Crippen LogP contribution in [0.4, 0.5) is 0 Å². The van der Waals surface area contributed by atoms with Crippen LogP contribution in [0.5, 0.6) is 0 Å². The van der Waals surface area contributed by atoms with Crippen molar-refractivity contribution in [2.24, 2.45) is 5.73 Å². The number of carbonyl (C=O) groups is 1. The van der Waals surface area contributed by atoms with Crippen LogP contribution in [0.25, 0.3) is 0 Å². The number of amides is 1. The molecule has 82 valence electrons. The minimum absolute atomic E-state index is 0.0688. The molecule has 0 unspecified atom stereocenters. The van der Waals surface area contributed by atoms with Gasteiger partial charge in [-0.15, -0.1) is 0 Å². The van der Waals surface area contributed by atoms with Crippen molar-refractivity contribution in [3.8, 4) is 0 Å². The van der Waals surface area contributed by atoms with E-state index in [0.717, 1.165) is 12.0 Å². The highest BCUT2D eigenvalue weighted by molar-refractivity contribution is 5.81.